The molecule has 1 aliphatic rings. The van der Waals surface area contributed by atoms with Crippen LogP contribution in [0.3, 0.4) is 0 Å². The van der Waals surface area contributed by atoms with E-state index < -0.39 is 0 Å². The molecule has 1 heterocycles. The number of carbonyl (C=O) groups excluding carboxylic acids is 3. The van der Waals surface area contributed by atoms with Gasteiger partial charge in [-0.2, -0.15) is 0 Å². The largest absolute Gasteiger partial charge is 0.337 e. The molecule has 7 nitrogen and oxygen atoms in total. The van der Waals surface area contributed by atoms with E-state index in [9.17, 15) is 14.4 Å². The van der Waals surface area contributed by atoms with Crippen LogP contribution in [0.5, 0.6) is 0 Å². The van der Waals surface area contributed by atoms with Crippen LogP contribution in [0.1, 0.15) is 12.5 Å². The van der Waals surface area contributed by atoms with Gasteiger partial charge in [-0.1, -0.05) is 30.3 Å². The number of para-hydroxylation sites is 1. The lowest BCUT2D eigenvalue weighted by Gasteiger charge is -2.33. The monoisotopic (exact) mass is 406 g/mol. The molecule has 0 atom stereocenters. The van der Waals surface area contributed by atoms with Crippen LogP contribution in [-0.4, -0.2) is 60.2 Å². The fraction of sp³-hybridized carbons (Fsp3) is 0.261. The first kappa shape index (κ1) is 21.3. The number of rotatable bonds is 6. The first-order chi connectivity index (χ1) is 14.5. The summed E-state index contributed by atoms with van der Waals surface area (Å²) in [5.74, 6) is -0.219. The second-order valence-corrected chi connectivity index (χ2v) is 7.15. The summed E-state index contributed by atoms with van der Waals surface area (Å²) in [5, 5.41) is 5.59. The fourth-order valence-electron chi connectivity index (χ4n) is 3.21. The van der Waals surface area contributed by atoms with Crippen molar-refractivity contribution in [3.63, 3.8) is 0 Å². The molecule has 2 aromatic rings. The third kappa shape index (κ3) is 6.56. The van der Waals surface area contributed by atoms with Crippen LogP contribution in [0.2, 0.25) is 0 Å². The molecule has 7 heteroatoms. The molecule has 30 heavy (non-hydrogen) atoms. The van der Waals surface area contributed by atoms with Gasteiger partial charge in [-0.05, 0) is 35.9 Å². The highest BCUT2D eigenvalue weighted by atomic mass is 16.2. The van der Waals surface area contributed by atoms with Gasteiger partial charge in [0.25, 0.3) is 0 Å². The van der Waals surface area contributed by atoms with Crippen LogP contribution in [0.25, 0.3) is 6.08 Å². The summed E-state index contributed by atoms with van der Waals surface area (Å²) in [5.41, 5.74) is 2.39. The number of anilines is 2. The van der Waals surface area contributed by atoms with Crippen molar-refractivity contribution in [2.45, 2.75) is 6.92 Å². The summed E-state index contributed by atoms with van der Waals surface area (Å²) in [6, 6.07) is 16.7. The molecule has 1 aliphatic heterocycles. The number of piperazine rings is 1. The SMILES string of the molecule is CC(=O)Nc1ccc(/C=C/C(=O)N2CCN(CC(=O)Nc3ccccc3)CC2)cc1. The maximum Gasteiger partial charge on any atom is 0.246 e. The highest BCUT2D eigenvalue weighted by Gasteiger charge is 2.21. The highest BCUT2D eigenvalue weighted by molar-refractivity contribution is 5.93. The number of hydrogen-bond donors (Lipinski definition) is 2. The van der Waals surface area contributed by atoms with Crippen molar-refractivity contribution in [3.8, 4) is 0 Å². The zero-order valence-electron chi connectivity index (χ0n) is 17.0. The molecular formula is C23H26N4O3. The van der Waals surface area contributed by atoms with Gasteiger partial charge in [-0.25, -0.2) is 0 Å². The molecule has 0 bridgehead atoms. The molecule has 2 aromatic carbocycles. The van der Waals surface area contributed by atoms with E-state index in [4.69, 9.17) is 0 Å². The van der Waals surface area contributed by atoms with Gasteiger partial charge in [-0.15, -0.1) is 0 Å². The van der Waals surface area contributed by atoms with Gasteiger partial charge in [0.05, 0.1) is 6.54 Å². The Labute approximate surface area is 176 Å². The van der Waals surface area contributed by atoms with Gasteiger partial charge in [0.15, 0.2) is 0 Å². The molecule has 3 rings (SSSR count). The lowest BCUT2D eigenvalue weighted by molar-refractivity contribution is -0.128. The first-order valence-corrected chi connectivity index (χ1v) is 9.91. The molecule has 0 unspecified atom stereocenters. The summed E-state index contributed by atoms with van der Waals surface area (Å²) >= 11 is 0. The Hall–Kier alpha value is -3.45. The standard InChI is InChI=1S/C23H26N4O3/c1-18(28)24-21-10-7-19(8-11-21)9-12-23(30)27-15-13-26(14-16-27)17-22(29)25-20-5-3-2-4-6-20/h2-12H,13-17H2,1H3,(H,24,28)(H,25,29)/b12-9+. The Balaban J connectivity index is 1.43. The van der Waals surface area contributed by atoms with Crippen molar-refractivity contribution in [1.82, 2.24) is 9.80 Å². The van der Waals surface area contributed by atoms with E-state index >= 15 is 0 Å². The van der Waals surface area contributed by atoms with E-state index in [0.717, 1.165) is 16.9 Å². The van der Waals surface area contributed by atoms with Crippen molar-refractivity contribution >= 4 is 35.2 Å². The quantitative estimate of drug-likeness (QED) is 0.722. The van der Waals surface area contributed by atoms with Crippen LogP contribution in [0.15, 0.2) is 60.7 Å². The smallest absolute Gasteiger partial charge is 0.246 e. The van der Waals surface area contributed by atoms with Crippen LogP contribution in [0, 0.1) is 0 Å². The molecule has 2 N–H and O–H groups in total. The van der Waals surface area contributed by atoms with Crippen LogP contribution < -0.4 is 10.6 Å². The van der Waals surface area contributed by atoms with Gasteiger partial charge in [0, 0.05) is 50.6 Å². The predicted octanol–water partition coefficient (Wildman–Crippen LogP) is 2.44. The second-order valence-electron chi connectivity index (χ2n) is 7.15. The number of benzene rings is 2. The zero-order chi connectivity index (χ0) is 21.3. The maximum absolute atomic E-state index is 12.4. The first-order valence-electron chi connectivity index (χ1n) is 9.91. The number of carbonyl (C=O) groups is 3. The van der Waals surface area contributed by atoms with Crippen LogP contribution in [0.4, 0.5) is 11.4 Å². The fourth-order valence-corrected chi connectivity index (χ4v) is 3.21. The van der Waals surface area contributed by atoms with Crippen LogP contribution in [-0.2, 0) is 14.4 Å². The summed E-state index contributed by atoms with van der Waals surface area (Å²) in [6.07, 6.45) is 3.32. The minimum atomic E-state index is -0.120. The minimum Gasteiger partial charge on any atom is -0.337 e. The molecule has 0 spiro atoms. The van der Waals surface area contributed by atoms with Gasteiger partial charge < -0.3 is 15.5 Å². The highest BCUT2D eigenvalue weighted by Crippen LogP contribution is 2.12. The summed E-state index contributed by atoms with van der Waals surface area (Å²) in [4.78, 5) is 39.5. The molecule has 0 aromatic heterocycles. The topological polar surface area (TPSA) is 81.8 Å². The molecule has 1 fully saturated rings. The van der Waals surface area contributed by atoms with Gasteiger partial charge in [0.1, 0.15) is 0 Å². The van der Waals surface area contributed by atoms with E-state index in [-0.39, 0.29) is 17.7 Å². The van der Waals surface area contributed by atoms with Gasteiger partial charge in [0.2, 0.25) is 17.7 Å². The van der Waals surface area contributed by atoms with Gasteiger partial charge in [-0.3, -0.25) is 19.3 Å². The van der Waals surface area contributed by atoms with Crippen molar-refractivity contribution in [3.05, 3.63) is 66.2 Å². The number of hydrogen-bond acceptors (Lipinski definition) is 4. The van der Waals surface area contributed by atoms with E-state index in [2.05, 4.69) is 10.6 Å². The number of nitrogens with zero attached hydrogens (tertiary/aromatic N) is 2. The third-order valence-electron chi connectivity index (χ3n) is 4.76. The predicted molar refractivity (Wildman–Crippen MR) is 118 cm³/mol. The van der Waals surface area contributed by atoms with Crippen molar-refractivity contribution in [2.24, 2.45) is 0 Å². The van der Waals surface area contributed by atoms with Gasteiger partial charge >= 0.3 is 0 Å². The Morgan fingerprint density at radius 3 is 2.13 bits per heavy atom. The Kier molecular flexibility index (Phi) is 7.34. The van der Waals surface area contributed by atoms with E-state index in [0.29, 0.717) is 32.7 Å². The average molecular weight is 406 g/mol. The van der Waals surface area contributed by atoms with Crippen molar-refractivity contribution in [2.75, 3.05) is 43.4 Å². The third-order valence-corrected chi connectivity index (χ3v) is 4.76. The molecule has 0 saturated carbocycles. The Morgan fingerprint density at radius 2 is 1.50 bits per heavy atom. The summed E-state index contributed by atoms with van der Waals surface area (Å²) in [6.45, 7) is 4.27. The normalized spacial score (nSPS) is 14.5. The molecule has 3 amide bonds. The van der Waals surface area contributed by atoms with Crippen molar-refractivity contribution in [1.29, 1.82) is 0 Å². The van der Waals surface area contributed by atoms with E-state index in [1.165, 1.54) is 6.92 Å². The zero-order valence-corrected chi connectivity index (χ0v) is 17.0. The molecule has 156 valence electrons. The van der Waals surface area contributed by atoms with Crippen molar-refractivity contribution < 1.29 is 14.4 Å². The molecule has 0 aliphatic carbocycles. The van der Waals surface area contributed by atoms with Crippen LogP contribution >= 0.6 is 0 Å². The summed E-state index contributed by atoms with van der Waals surface area (Å²) < 4.78 is 0. The summed E-state index contributed by atoms with van der Waals surface area (Å²) in [7, 11) is 0. The second kappa shape index (κ2) is 10.4. The molecule has 0 radical (unpaired) electrons. The lowest BCUT2D eigenvalue weighted by atomic mass is 10.2. The molecule has 1 saturated heterocycles. The lowest BCUT2D eigenvalue weighted by Crippen LogP contribution is -2.50. The average Bonchev–Trinajstić information content (AvgIpc) is 2.74. The Bertz CT molecular complexity index is 902. The van der Waals surface area contributed by atoms with E-state index in [1.807, 2.05) is 47.4 Å². The van der Waals surface area contributed by atoms with E-state index in [1.54, 1.807) is 29.2 Å². The number of amides is 3. The minimum absolute atomic E-state index is 0.0469. The Morgan fingerprint density at radius 1 is 0.867 bits per heavy atom. The maximum atomic E-state index is 12.4. The number of nitrogens with one attached hydrogen (secondary N) is 2. The molecular weight excluding hydrogens is 380 g/mol.